The van der Waals surface area contributed by atoms with Gasteiger partial charge in [0.15, 0.2) is 18.3 Å². The number of carbonyl (C=O) groups excluding carboxylic acids is 2. The van der Waals surface area contributed by atoms with E-state index in [1.165, 1.54) is 24.3 Å². The molecule has 9 nitrogen and oxygen atoms in total. The van der Waals surface area contributed by atoms with Crippen molar-refractivity contribution in [2.75, 3.05) is 11.9 Å². The van der Waals surface area contributed by atoms with Crippen molar-refractivity contribution in [1.82, 2.24) is 4.98 Å². The Morgan fingerprint density at radius 2 is 1.83 bits per heavy atom. The number of hydrogen-bond donors (Lipinski definition) is 1. The zero-order valence-electron chi connectivity index (χ0n) is 16.2. The maximum atomic E-state index is 11.9. The van der Waals surface area contributed by atoms with Crippen LogP contribution in [0, 0.1) is 17.0 Å². The molecule has 154 valence electrons. The number of rotatable bonds is 8. The number of amides is 1. The smallest absolute Gasteiger partial charge is 0.306 e. The number of esters is 1. The fourth-order valence-corrected chi connectivity index (χ4v) is 2.57. The molecule has 0 saturated heterocycles. The Bertz CT molecular complexity index is 1040. The first kappa shape index (κ1) is 20.7. The number of aromatic nitrogens is 1. The van der Waals surface area contributed by atoms with Gasteiger partial charge in [0, 0.05) is 29.8 Å². The number of carbonyl (C=O) groups is 2. The van der Waals surface area contributed by atoms with E-state index in [0.717, 1.165) is 11.1 Å². The van der Waals surface area contributed by atoms with E-state index in [-0.39, 0.29) is 18.5 Å². The van der Waals surface area contributed by atoms with E-state index in [4.69, 9.17) is 9.15 Å². The minimum absolute atomic E-state index is 0.0126. The molecule has 0 aliphatic heterocycles. The Labute approximate surface area is 171 Å². The standard InChI is InChI=1S/C21H19N3O6/c1-14-2-4-15(5-3-14)18-12-22-20(30-18)10-11-21(26)29-13-19(25)23-16-6-8-17(9-7-16)24(27)28/h2-9,12H,10-11,13H2,1H3,(H,23,25). The number of benzene rings is 2. The van der Waals surface area contributed by atoms with Gasteiger partial charge in [0.05, 0.1) is 17.5 Å². The summed E-state index contributed by atoms with van der Waals surface area (Å²) in [5, 5.41) is 13.1. The monoisotopic (exact) mass is 409 g/mol. The average molecular weight is 409 g/mol. The number of nitrogens with one attached hydrogen (secondary N) is 1. The van der Waals surface area contributed by atoms with E-state index >= 15 is 0 Å². The summed E-state index contributed by atoms with van der Waals surface area (Å²) in [6, 6.07) is 13.1. The van der Waals surface area contributed by atoms with Crippen LogP contribution in [-0.2, 0) is 20.7 Å². The summed E-state index contributed by atoms with van der Waals surface area (Å²) in [6.45, 7) is 1.53. The zero-order valence-corrected chi connectivity index (χ0v) is 16.2. The maximum Gasteiger partial charge on any atom is 0.306 e. The highest BCUT2D eigenvalue weighted by Gasteiger charge is 2.12. The van der Waals surface area contributed by atoms with E-state index < -0.39 is 23.4 Å². The highest BCUT2D eigenvalue weighted by atomic mass is 16.6. The van der Waals surface area contributed by atoms with Gasteiger partial charge in [0.2, 0.25) is 0 Å². The molecule has 0 aliphatic rings. The number of nitro groups is 1. The summed E-state index contributed by atoms with van der Waals surface area (Å²) < 4.78 is 10.6. The molecule has 0 fully saturated rings. The second-order valence-corrected chi connectivity index (χ2v) is 6.50. The first-order valence-electron chi connectivity index (χ1n) is 9.12. The van der Waals surface area contributed by atoms with Crippen molar-refractivity contribution in [3.8, 4) is 11.3 Å². The van der Waals surface area contributed by atoms with Gasteiger partial charge < -0.3 is 14.5 Å². The van der Waals surface area contributed by atoms with E-state index in [1.54, 1.807) is 6.20 Å². The van der Waals surface area contributed by atoms with Crippen LogP contribution in [0.2, 0.25) is 0 Å². The number of anilines is 1. The van der Waals surface area contributed by atoms with Crippen molar-refractivity contribution < 1.29 is 23.7 Å². The maximum absolute atomic E-state index is 11.9. The van der Waals surface area contributed by atoms with Crippen molar-refractivity contribution >= 4 is 23.3 Å². The Kier molecular flexibility index (Phi) is 6.53. The lowest BCUT2D eigenvalue weighted by Gasteiger charge is -2.06. The van der Waals surface area contributed by atoms with Crippen LogP contribution in [0.4, 0.5) is 11.4 Å². The van der Waals surface area contributed by atoms with E-state index in [9.17, 15) is 19.7 Å². The number of oxazole rings is 1. The van der Waals surface area contributed by atoms with Crippen LogP contribution in [0.1, 0.15) is 17.9 Å². The molecule has 0 atom stereocenters. The zero-order chi connectivity index (χ0) is 21.5. The molecule has 0 aliphatic carbocycles. The minimum atomic E-state index is -0.566. The van der Waals surface area contributed by atoms with Crippen molar-refractivity contribution in [1.29, 1.82) is 0 Å². The van der Waals surface area contributed by atoms with Crippen LogP contribution in [0.15, 0.2) is 59.1 Å². The molecule has 0 saturated carbocycles. The fraction of sp³-hybridized carbons (Fsp3) is 0.190. The van der Waals surface area contributed by atoms with Crippen LogP contribution in [0.3, 0.4) is 0 Å². The van der Waals surface area contributed by atoms with Crippen LogP contribution in [0.25, 0.3) is 11.3 Å². The first-order valence-corrected chi connectivity index (χ1v) is 9.12. The van der Waals surface area contributed by atoms with Gasteiger partial charge in [-0.3, -0.25) is 19.7 Å². The highest BCUT2D eigenvalue weighted by molar-refractivity contribution is 5.92. The molecule has 1 heterocycles. The summed E-state index contributed by atoms with van der Waals surface area (Å²) in [5.74, 6) is -0.0994. The summed E-state index contributed by atoms with van der Waals surface area (Å²) in [6.07, 6.45) is 1.86. The molecular formula is C21H19N3O6. The molecular weight excluding hydrogens is 390 g/mol. The lowest BCUT2D eigenvalue weighted by molar-refractivity contribution is -0.384. The molecule has 1 N–H and O–H groups in total. The van der Waals surface area contributed by atoms with Gasteiger partial charge in [0.25, 0.3) is 11.6 Å². The molecule has 9 heteroatoms. The number of nitrogens with zero attached hydrogens (tertiary/aromatic N) is 2. The Balaban J connectivity index is 1.42. The molecule has 3 rings (SSSR count). The first-order chi connectivity index (χ1) is 14.4. The van der Waals surface area contributed by atoms with Crippen LogP contribution < -0.4 is 5.32 Å². The number of aryl methyl sites for hydroxylation is 2. The predicted molar refractivity (Wildman–Crippen MR) is 108 cm³/mol. The van der Waals surface area contributed by atoms with Gasteiger partial charge >= 0.3 is 5.97 Å². The molecule has 0 unspecified atom stereocenters. The molecule has 30 heavy (non-hydrogen) atoms. The lowest BCUT2D eigenvalue weighted by atomic mass is 10.1. The van der Waals surface area contributed by atoms with Crippen molar-refractivity contribution in [2.24, 2.45) is 0 Å². The Morgan fingerprint density at radius 1 is 1.13 bits per heavy atom. The molecule has 2 aromatic carbocycles. The van der Waals surface area contributed by atoms with Gasteiger partial charge in [-0.15, -0.1) is 0 Å². The molecule has 1 aromatic heterocycles. The average Bonchev–Trinajstić information content (AvgIpc) is 3.21. The second kappa shape index (κ2) is 9.46. The minimum Gasteiger partial charge on any atom is -0.456 e. The van der Waals surface area contributed by atoms with E-state index in [0.29, 0.717) is 17.3 Å². The summed E-state index contributed by atoms with van der Waals surface area (Å²) >= 11 is 0. The number of nitro benzene ring substituents is 1. The third kappa shape index (κ3) is 5.74. The molecule has 1 amide bonds. The number of ether oxygens (including phenoxy) is 1. The van der Waals surface area contributed by atoms with Gasteiger partial charge in [-0.1, -0.05) is 29.8 Å². The summed E-state index contributed by atoms with van der Waals surface area (Å²) in [5.41, 5.74) is 2.31. The molecule has 0 bridgehead atoms. The van der Waals surface area contributed by atoms with Crippen molar-refractivity contribution in [3.05, 3.63) is 76.3 Å². The van der Waals surface area contributed by atoms with Gasteiger partial charge in [-0.2, -0.15) is 0 Å². The normalized spacial score (nSPS) is 10.4. The van der Waals surface area contributed by atoms with E-state index in [2.05, 4.69) is 10.3 Å². The third-order valence-corrected chi connectivity index (χ3v) is 4.16. The van der Waals surface area contributed by atoms with E-state index in [1.807, 2.05) is 31.2 Å². The SMILES string of the molecule is Cc1ccc(-c2cnc(CCC(=O)OCC(=O)Nc3ccc([N+](=O)[O-])cc3)o2)cc1. The topological polar surface area (TPSA) is 125 Å². The van der Waals surface area contributed by atoms with Crippen LogP contribution in [-0.4, -0.2) is 28.4 Å². The summed E-state index contributed by atoms with van der Waals surface area (Å²) in [4.78, 5) is 37.9. The summed E-state index contributed by atoms with van der Waals surface area (Å²) in [7, 11) is 0. The number of non-ortho nitro benzene ring substituents is 1. The van der Waals surface area contributed by atoms with Gasteiger partial charge in [-0.25, -0.2) is 4.98 Å². The number of hydrogen-bond acceptors (Lipinski definition) is 7. The van der Waals surface area contributed by atoms with Crippen LogP contribution in [0.5, 0.6) is 0 Å². The van der Waals surface area contributed by atoms with Crippen molar-refractivity contribution in [3.63, 3.8) is 0 Å². The lowest BCUT2D eigenvalue weighted by Crippen LogP contribution is -2.21. The van der Waals surface area contributed by atoms with Gasteiger partial charge in [0.1, 0.15) is 0 Å². The van der Waals surface area contributed by atoms with Gasteiger partial charge in [-0.05, 0) is 19.1 Å². The highest BCUT2D eigenvalue weighted by Crippen LogP contribution is 2.21. The Hall–Kier alpha value is -4.01. The molecule has 0 radical (unpaired) electrons. The van der Waals surface area contributed by atoms with Crippen molar-refractivity contribution in [2.45, 2.75) is 19.8 Å². The fourth-order valence-electron chi connectivity index (χ4n) is 2.57. The molecule has 0 spiro atoms. The molecule has 3 aromatic rings. The van der Waals surface area contributed by atoms with Crippen LogP contribution >= 0.6 is 0 Å². The second-order valence-electron chi connectivity index (χ2n) is 6.50. The predicted octanol–water partition coefficient (Wildman–Crippen LogP) is 3.67. The largest absolute Gasteiger partial charge is 0.456 e. The third-order valence-electron chi connectivity index (χ3n) is 4.16. The quantitative estimate of drug-likeness (QED) is 0.342. The Morgan fingerprint density at radius 3 is 2.50 bits per heavy atom.